The van der Waals surface area contributed by atoms with Crippen molar-refractivity contribution in [1.29, 1.82) is 0 Å². The Kier molecular flexibility index (Phi) is 7.97. The van der Waals surface area contributed by atoms with Crippen LogP contribution < -0.4 is 14.8 Å². The number of fused-ring (bicyclic) bond motifs is 3. The molecule has 0 spiro atoms. The number of alkyl carbamates (subject to hydrolysis) is 1. The molecule has 2 aromatic rings. The quantitative estimate of drug-likeness (QED) is 0.631. The van der Waals surface area contributed by atoms with Gasteiger partial charge in [0.05, 0.1) is 7.11 Å². The highest BCUT2D eigenvalue weighted by molar-refractivity contribution is 5.77. The topological polar surface area (TPSA) is 80.3 Å². The Balaban J connectivity index is 1.61. The molecule has 200 valence electrons. The molecule has 1 fully saturated rings. The van der Waals surface area contributed by atoms with Crippen LogP contribution in [0.2, 0.25) is 0 Å². The van der Waals surface area contributed by atoms with E-state index in [0.29, 0.717) is 11.5 Å². The number of rotatable bonds is 6. The highest BCUT2D eigenvalue weighted by Crippen LogP contribution is 2.44. The molecule has 2 aliphatic rings. The van der Waals surface area contributed by atoms with Crippen LogP contribution in [0.5, 0.6) is 11.5 Å². The van der Waals surface area contributed by atoms with Crippen molar-refractivity contribution in [2.24, 2.45) is 0 Å². The lowest BCUT2D eigenvalue weighted by atomic mass is 9.78. The molecule has 0 aliphatic carbocycles. The number of piperidine rings is 1. The maximum Gasteiger partial charge on any atom is 0.407 e. The number of ether oxygens (including phenoxy) is 3. The fourth-order valence-electron chi connectivity index (χ4n) is 5.24. The van der Waals surface area contributed by atoms with Gasteiger partial charge in [-0.2, -0.15) is 0 Å². The second-order valence-corrected chi connectivity index (χ2v) is 11.0. The van der Waals surface area contributed by atoms with Gasteiger partial charge in [0.1, 0.15) is 5.60 Å². The van der Waals surface area contributed by atoms with Crippen LogP contribution in [0.3, 0.4) is 0 Å². The number of amides is 2. The first-order valence-corrected chi connectivity index (χ1v) is 12.9. The van der Waals surface area contributed by atoms with Gasteiger partial charge in [-0.15, -0.1) is 0 Å². The summed E-state index contributed by atoms with van der Waals surface area (Å²) in [4.78, 5) is 28.9. The minimum atomic E-state index is -0.567. The van der Waals surface area contributed by atoms with Crippen molar-refractivity contribution >= 4 is 12.0 Å². The van der Waals surface area contributed by atoms with Crippen LogP contribution >= 0.6 is 0 Å². The molecule has 1 N–H and O–H groups in total. The molecule has 0 aromatic heterocycles. The fourth-order valence-corrected chi connectivity index (χ4v) is 5.24. The summed E-state index contributed by atoms with van der Waals surface area (Å²) in [6.45, 7) is 7.31. The highest BCUT2D eigenvalue weighted by atomic mass is 16.6. The zero-order valence-electron chi connectivity index (χ0n) is 22.7. The van der Waals surface area contributed by atoms with Gasteiger partial charge in [0, 0.05) is 45.2 Å². The summed E-state index contributed by atoms with van der Waals surface area (Å²) in [5.74, 6) is 1.22. The first-order chi connectivity index (χ1) is 17.6. The molecular formula is C29H39N3O5. The first-order valence-electron chi connectivity index (χ1n) is 12.9. The van der Waals surface area contributed by atoms with E-state index in [-0.39, 0.29) is 30.5 Å². The van der Waals surface area contributed by atoms with Gasteiger partial charge in [0.25, 0.3) is 5.91 Å². The van der Waals surface area contributed by atoms with Crippen molar-refractivity contribution in [1.82, 2.24) is 15.1 Å². The summed E-state index contributed by atoms with van der Waals surface area (Å²) in [5, 5.41) is 3.19. The SMILES string of the molecule is COc1cc2c(cc1OCC(=O)N(C)C)CCN1C[C@@H](c3ccccc3)[C@H](NC(=O)OC(C)(C)C)C[C@H]21. The van der Waals surface area contributed by atoms with Gasteiger partial charge in [-0.25, -0.2) is 4.79 Å². The lowest BCUT2D eigenvalue weighted by molar-refractivity contribution is -0.130. The van der Waals surface area contributed by atoms with Crippen molar-refractivity contribution in [2.75, 3.05) is 40.9 Å². The molecule has 8 nitrogen and oxygen atoms in total. The summed E-state index contributed by atoms with van der Waals surface area (Å²) < 4.78 is 17.1. The number of methoxy groups -OCH3 is 1. The van der Waals surface area contributed by atoms with Crippen LogP contribution in [-0.2, 0) is 16.0 Å². The van der Waals surface area contributed by atoms with Crippen LogP contribution in [0.1, 0.15) is 55.8 Å². The predicted molar refractivity (Wildman–Crippen MR) is 142 cm³/mol. The van der Waals surface area contributed by atoms with Crippen molar-refractivity contribution in [3.63, 3.8) is 0 Å². The summed E-state index contributed by atoms with van der Waals surface area (Å²) in [7, 11) is 5.03. The van der Waals surface area contributed by atoms with E-state index in [1.807, 2.05) is 51.1 Å². The molecule has 8 heteroatoms. The maximum absolute atomic E-state index is 12.8. The molecule has 2 amide bonds. The van der Waals surface area contributed by atoms with E-state index in [1.165, 1.54) is 21.6 Å². The molecule has 0 bridgehead atoms. The first kappa shape index (κ1) is 26.8. The molecule has 0 radical (unpaired) electrons. The van der Waals surface area contributed by atoms with Gasteiger partial charge in [0.15, 0.2) is 18.1 Å². The van der Waals surface area contributed by atoms with Crippen LogP contribution in [0, 0.1) is 0 Å². The Morgan fingerprint density at radius 1 is 1.11 bits per heavy atom. The van der Waals surface area contributed by atoms with E-state index in [1.54, 1.807) is 21.2 Å². The smallest absolute Gasteiger partial charge is 0.407 e. The number of nitrogens with zero attached hydrogens (tertiary/aromatic N) is 2. The lowest BCUT2D eigenvalue weighted by Crippen LogP contribution is -2.53. The number of nitrogens with one attached hydrogen (secondary N) is 1. The van der Waals surface area contributed by atoms with Gasteiger partial charge in [-0.1, -0.05) is 30.3 Å². The lowest BCUT2D eigenvalue weighted by Gasteiger charge is -2.47. The average molecular weight is 510 g/mol. The van der Waals surface area contributed by atoms with E-state index in [0.717, 1.165) is 25.9 Å². The molecule has 2 aliphatic heterocycles. The molecule has 0 saturated carbocycles. The van der Waals surface area contributed by atoms with Crippen LogP contribution in [-0.4, -0.2) is 74.3 Å². The Hall–Kier alpha value is -3.26. The average Bonchev–Trinajstić information content (AvgIpc) is 2.85. The number of hydrogen-bond acceptors (Lipinski definition) is 6. The normalized spacial score (nSPS) is 21.3. The summed E-state index contributed by atoms with van der Waals surface area (Å²) >= 11 is 0. The summed E-state index contributed by atoms with van der Waals surface area (Å²) in [5.41, 5.74) is 3.00. The maximum atomic E-state index is 12.8. The number of carbonyl (C=O) groups is 2. The molecular weight excluding hydrogens is 470 g/mol. The Morgan fingerprint density at radius 3 is 2.49 bits per heavy atom. The number of carbonyl (C=O) groups excluding carboxylic acids is 2. The third-order valence-electron chi connectivity index (χ3n) is 7.07. The van der Waals surface area contributed by atoms with E-state index >= 15 is 0 Å². The summed E-state index contributed by atoms with van der Waals surface area (Å²) in [6, 6.07) is 14.4. The van der Waals surface area contributed by atoms with Gasteiger partial charge in [-0.3, -0.25) is 9.69 Å². The van der Waals surface area contributed by atoms with E-state index in [9.17, 15) is 9.59 Å². The highest BCUT2D eigenvalue weighted by Gasteiger charge is 2.41. The van der Waals surface area contributed by atoms with Crippen molar-refractivity contribution in [3.8, 4) is 11.5 Å². The van der Waals surface area contributed by atoms with Crippen LogP contribution in [0.15, 0.2) is 42.5 Å². The third-order valence-corrected chi connectivity index (χ3v) is 7.07. The van der Waals surface area contributed by atoms with Gasteiger partial charge >= 0.3 is 6.09 Å². The number of likely N-dealkylation sites (N-methyl/N-ethyl adjacent to an activating group) is 1. The molecule has 2 aromatic carbocycles. The molecule has 3 atom stereocenters. The predicted octanol–water partition coefficient (Wildman–Crippen LogP) is 4.14. The molecule has 37 heavy (non-hydrogen) atoms. The minimum absolute atomic E-state index is 0.0433. The van der Waals surface area contributed by atoms with Gasteiger partial charge in [0.2, 0.25) is 0 Å². The monoisotopic (exact) mass is 509 g/mol. The Morgan fingerprint density at radius 2 is 1.84 bits per heavy atom. The molecule has 2 heterocycles. The van der Waals surface area contributed by atoms with E-state index < -0.39 is 11.7 Å². The second-order valence-electron chi connectivity index (χ2n) is 11.0. The summed E-state index contributed by atoms with van der Waals surface area (Å²) in [6.07, 6.45) is 1.23. The fraction of sp³-hybridized carbons (Fsp3) is 0.517. The minimum Gasteiger partial charge on any atom is -0.493 e. The van der Waals surface area contributed by atoms with Gasteiger partial charge < -0.3 is 24.4 Å². The second kappa shape index (κ2) is 11.0. The Labute approximate surface area is 219 Å². The number of benzene rings is 2. The largest absolute Gasteiger partial charge is 0.493 e. The van der Waals surface area contributed by atoms with Crippen LogP contribution in [0.25, 0.3) is 0 Å². The van der Waals surface area contributed by atoms with Crippen molar-refractivity contribution in [2.45, 2.75) is 57.2 Å². The number of hydrogen-bond donors (Lipinski definition) is 1. The standard InChI is InChI=1S/C29H39N3O5/c1-29(2,3)37-28(34)30-23-16-24-21-15-25(35-6)26(36-18-27(33)31(4)5)14-20(21)12-13-32(24)17-22(23)19-10-8-7-9-11-19/h7-11,14-15,22-24H,12-13,16-18H2,1-6H3,(H,30,34)/t22-,23+,24+/m0/s1. The Bertz CT molecular complexity index is 1110. The zero-order chi connectivity index (χ0) is 26.7. The molecule has 0 unspecified atom stereocenters. The van der Waals surface area contributed by atoms with E-state index in [4.69, 9.17) is 14.2 Å². The van der Waals surface area contributed by atoms with Crippen LogP contribution in [0.4, 0.5) is 4.79 Å². The van der Waals surface area contributed by atoms with E-state index in [2.05, 4.69) is 22.3 Å². The molecule has 1 saturated heterocycles. The third kappa shape index (κ3) is 6.36. The molecule has 4 rings (SSSR count). The van der Waals surface area contributed by atoms with Gasteiger partial charge in [-0.05, 0) is 62.4 Å². The zero-order valence-corrected chi connectivity index (χ0v) is 22.7. The van der Waals surface area contributed by atoms with Crippen molar-refractivity contribution in [3.05, 3.63) is 59.2 Å². The van der Waals surface area contributed by atoms with Crippen molar-refractivity contribution < 1.29 is 23.8 Å².